The molecular formula is C22H28N2O4. The van der Waals surface area contributed by atoms with Gasteiger partial charge in [0.05, 0.1) is 7.11 Å². The Kier molecular flexibility index (Phi) is 6.76. The molecule has 0 saturated carbocycles. The molecule has 6 heteroatoms. The summed E-state index contributed by atoms with van der Waals surface area (Å²) in [4.78, 5) is 14.7. The second-order valence-corrected chi connectivity index (χ2v) is 7.07. The van der Waals surface area contributed by atoms with Crippen LogP contribution in [0.15, 0.2) is 48.5 Å². The van der Waals surface area contributed by atoms with Crippen molar-refractivity contribution in [3.63, 3.8) is 0 Å². The third-order valence-corrected chi connectivity index (χ3v) is 4.81. The smallest absolute Gasteiger partial charge is 0.265 e. The summed E-state index contributed by atoms with van der Waals surface area (Å²) in [6.45, 7) is 3.83. The van der Waals surface area contributed by atoms with E-state index in [4.69, 9.17) is 14.2 Å². The highest BCUT2D eigenvalue weighted by Gasteiger charge is 2.18. The second-order valence-electron chi connectivity index (χ2n) is 7.07. The summed E-state index contributed by atoms with van der Waals surface area (Å²) in [7, 11) is 3.72. The Labute approximate surface area is 166 Å². The van der Waals surface area contributed by atoms with E-state index in [0.29, 0.717) is 17.2 Å². The summed E-state index contributed by atoms with van der Waals surface area (Å²) in [6, 6.07) is 14.7. The highest BCUT2D eigenvalue weighted by molar-refractivity contribution is 5.94. The topological polar surface area (TPSA) is 60.0 Å². The van der Waals surface area contributed by atoms with E-state index >= 15 is 0 Å². The molecule has 1 saturated heterocycles. The van der Waals surface area contributed by atoms with Crippen molar-refractivity contribution in [3.8, 4) is 17.2 Å². The molecular weight excluding hydrogens is 356 g/mol. The number of piperidine rings is 1. The van der Waals surface area contributed by atoms with Crippen LogP contribution in [-0.2, 0) is 4.79 Å². The first-order valence-corrected chi connectivity index (χ1v) is 9.60. The van der Waals surface area contributed by atoms with Crippen LogP contribution in [0.25, 0.3) is 0 Å². The Hall–Kier alpha value is -2.73. The molecule has 0 radical (unpaired) electrons. The van der Waals surface area contributed by atoms with E-state index in [2.05, 4.69) is 17.3 Å². The van der Waals surface area contributed by atoms with Crippen LogP contribution in [0.2, 0.25) is 0 Å². The van der Waals surface area contributed by atoms with Gasteiger partial charge in [-0.15, -0.1) is 0 Å². The number of likely N-dealkylation sites (tertiary alicyclic amines) is 1. The van der Waals surface area contributed by atoms with E-state index in [1.807, 2.05) is 36.4 Å². The van der Waals surface area contributed by atoms with Crippen molar-refractivity contribution >= 4 is 11.6 Å². The van der Waals surface area contributed by atoms with Crippen LogP contribution >= 0.6 is 0 Å². The number of hydrogen-bond donors (Lipinski definition) is 1. The van der Waals surface area contributed by atoms with Crippen LogP contribution in [-0.4, -0.2) is 50.3 Å². The fraction of sp³-hybridized carbons (Fsp3) is 0.409. The first-order chi connectivity index (χ1) is 13.5. The lowest BCUT2D eigenvalue weighted by atomic mass is 10.1. The first kappa shape index (κ1) is 20.0. The van der Waals surface area contributed by atoms with E-state index < -0.39 is 6.10 Å². The van der Waals surface area contributed by atoms with Gasteiger partial charge in [-0.3, -0.25) is 4.79 Å². The van der Waals surface area contributed by atoms with Crippen LogP contribution in [0.1, 0.15) is 19.8 Å². The maximum atomic E-state index is 12.4. The Morgan fingerprint density at radius 3 is 2.43 bits per heavy atom. The van der Waals surface area contributed by atoms with Gasteiger partial charge in [-0.1, -0.05) is 6.07 Å². The number of carbonyl (C=O) groups is 1. The highest BCUT2D eigenvalue weighted by Crippen LogP contribution is 2.22. The third-order valence-electron chi connectivity index (χ3n) is 4.81. The lowest BCUT2D eigenvalue weighted by Crippen LogP contribution is -2.35. The van der Waals surface area contributed by atoms with E-state index in [9.17, 15) is 4.79 Å². The summed E-state index contributed by atoms with van der Waals surface area (Å²) in [5.74, 6) is 1.88. The average Bonchev–Trinajstić information content (AvgIpc) is 2.71. The van der Waals surface area contributed by atoms with Crippen molar-refractivity contribution < 1.29 is 19.0 Å². The Bertz CT molecular complexity index is 770. The lowest BCUT2D eigenvalue weighted by molar-refractivity contribution is -0.122. The predicted octanol–water partition coefficient (Wildman–Crippen LogP) is 3.57. The quantitative estimate of drug-likeness (QED) is 0.791. The van der Waals surface area contributed by atoms with Gasteiger partial charge in [-0.25, -0.2) is 0 Å². The van der Waals surface area contributed by atoms with Gasteiger partial charge in [0, 0.05) is 24.8 Å². The van der Waals surface area contributed by atoms with Gasteiger partial charge in [-0.2, -0.15) is 0 Å². The first-order valence-electron chi connectivity index (χ1n) is 9.60. The highest BCUT2D eigenvalue weighted by atomic mass is 16.5. The molecule has 1 aliphatic rings. The monoisotopic (exact) mass is 384 g/mol. The molecule has 0 aliphatic carbocycles. The summed E-state index contributed by atoms with van der Waals surface area (Å²) in [5, 5.41) is 2.87. The zero-order valence-corrected chi connectivity index (χ0v) is 16.7. The fourth-order valence-electron chi connectivity index (χ4n) is 3.09. The van der Waals surface area contributed by atoms with E-state index in [0.717, 1.165) is 31.7 Å². The van der Waals surface area contributed by atoms with Crippen molar-refractivity contribution in [2.45, 2.75) is 32.0 Å². The van der Waals surface area contributed by atoms with Gasteiger partial charge in [-0.05, 0) is 63.2 Å². The number of nitrogens with one attached hydrogen (secondary N) is 1. The summed E-state index contributed by atoms with van der Waals surface area (Å²) in [6.07, 6.45) is 1.69. The zero-order valence-electron chi connectivity index (χ0n) is 16.7. The maximum Gasteiger partial charge on any atom is 0.265 e. The number of hydrogen-bond acceptors (Lipinski definition) is 5. The Morgan fingerprint density at radius 2 is 1.75 bits per heavy atom. The molecule has 6 nitrogen and oxygen atoms in total. The second kappa shape index (κ2) is 9.46. The van der Waals surface area contributed by atoms with Gasteiger partial charge in [0.15, 0.2) is 6.10 Å². The van der Waals surface area contributed by atoms with E-state index in [1.54, 1.807) is 26.2 Å². The zero-order chi connectivity index (χ0) is 19.9. The van der Waals surface area contributed by atoms with E-state index in [-0.39, 0.29) is 12.0 Å². The molecule has 1 N–H and O–H groups in total. The van der Waals surface area contributed by atoms with Crippen molar-refractivity contribution in [2.24, 2.45) is 0 Å². The lowest BCUT2D eigenvalue weighted by Gasteiger charge is -2.29. The number of anilines is 1. The molecule has 150 valence electrons. The molecule has 0 bridgehead atoms. The number of methoxy groups -OCH3 is 1. The normalized spacial score (nSPS) is 16.2. The molecule has 0 unspecified atom stereocenters. The SMILES string of the molecule is COc1cccc(O[C@H](C)C(=O)Nc2ccc(OC3CCN(C)CC3)cc2)c1. The van der Waals surface area contributed by atoms with Gasteiger partial charge < -0.3 is 24.4 Å². The Morgan fingerprint density at radius 1 is 1.07 bits per heavy atom. The summed E-state index contributed by atoms with van der Waals surface area (Å²) in [5.41, 5.74) is 0.710. The molecule has 28 heavy (non-hydrogen) atoms. The van der Waals surface area contributed by atoms with Crippen LogP contribution in [0.5, 0.6) is 17.2 Å². The minimum atomic E-state index is -0.637. The molecule has 3 rings (SSSR count). The molecule has 1 fully saturated rings. The van der Waals surface area contributed by atoms with Crippen molar-refractivity contribution in [1.82, 2.24) is 4.90 Å². The molecule has 1 amide bonds. The van der Waals surface area contributed by atoms with E-state index in [1.165, 1.54) is 0 Å². The van der Waals surface area contributed by atoms with Crippen LogP contribution in [0.3, 0.4) is 0 Å². The van der Waals surface area contributed by atoms with Crippen molar-refractivity contribution in [2.75, 3.05) is 32.6 Å². The number of benzene rings is 2. The maximum absolute atomic E-state index is 12.4. The van der Waals surface area contributed by atoms with Crippen molar-refractivity contribution in [3.05, 3.63) is 48.5 Å². The van der Waals surface area contributed by atoms with Crippen LogP contribution in [0.4, 0.5) is 5.69 Å². The largest absolute Gasteiger partial charge is 0.497 e. The molecule has 0 aromatic heterocycles. The van der Waals surface area contributed by atoms with Gasteiger partial charge in [0.1, 0.15) is 23.4 Å². The Balaban J connectivity index is 1.50. The summed E-state index contributed by atoms with van der Waals surface area (Å²) >= 11 is 0. The number of ether oxygens (including phenoxy) is 3. The standard InChI is InChI=1S/C22H28N2O4/c1-16(27-21-6-4-5-20(15-21)26-3)22(25)23-17-7-9-18(10-8-17)28-19-11-13-24(2)14-12-19/h4-10,15-16,19H,11-14H2,1-3H3,(H,23,25)/t16-/m1/s1. The molecule has 2 aromatic rings. The third kappa shape index (κ3) is 5.63. The number of nitrogens with zero attached hydrogens (tertiary/aromatic N) is 1. The predicted molar refractivity (Wildman–Crippen MR) is 109 cm³/mol. The van der Waals surface area contributed by atoms with Crippen LogP contribution in [0, 0.1) is 0 Å². The fourth-order valence-corrected chi connectivity index (χ4v) is 3.09. The molecule has 0 spiro atoms. The molecule has 1 aliphatic heterocycles. The minimum Gasteiger partial charge on any atom is -0.497 e. The number of carbonyl (C=O) groups excluding carboxylic acids is 1. The van der Waals surface area contributed by atoms with Gasteiger partial charge in [0.25, 0.3) is 5.91 Å². The number of rotatable bonds is 7. The summed E-state index contributed by atoms with van der Waals surface area (Å²) < 4.78 is 16.9. The molecule has 2 aromatic carbocycles. The van der Waals surface area contributed by atoms with Crippen molar-refractivity contribution in [1.29, 1.82) is 0 Å². The minimum absolute atomic E-state index is 0.216. The van der Waals surface area contributed by atoms with Crippen LogP contribution < -0.4 is 19.5 Å². The average molecular weight is 384 g/mol. The van der Waals surface area contributed by atoms with Gasteiger partial charge >= 0.3 is 0 Å². The molecule has 1 atom stereocenters. The molecule has 1 heterocycles. The number of amides is 1. The van der Waals surface area contributed by atoms with Gasteiger partial charge in [0.2, 0.25) is 0 Å².